The Kier molecular flexibility index (Phi) is 10.3. The van der Waals surface area contributed by atoms with Gasteiger partial charge in [0.2, 0.25) is 11.8 Å². The van der Waals surface area contributed by atoms with Crippen molar-refractivity contribution in [2.75, 3.05) is 30.4 Å². The number of nitrogens with one attached hydrogen (secondary N) is 2. The fourth-order valence-electron chi connectivity index (χ4n) is 8.19. The summed E-state index contributed by atoms with van der Waals surface area (Å²) in [5.41, 5.74) is 0.936. The molecule has 15 heteroatoms. The summed E-state index contributed by atoms with van der Waals surface area (Å²) in [6.07, 6.45) is 3.76. The maximum absolute atomic E-state index is 13.8. The third-order valence-electron chi connectivity index (χ3n) is 11.0. The minimum absolute atomic E-state index is 0.0221. The van der Waals surface area contributed by atoms with E-state index in [0.717, 1.165) is 62.8 Å². The summed E-state index contributed by atoms with van der Waals surface area (Å²) >= 11 is 0. The fraction of sp³-hybridized carbons (Fsp3) is 0.639. The maximum atomic E-state index is 13.8. The summed E-state index contributed by atoms with van der Waals surface area (Å²) in [6, 6.07) is 5.77. The van der Waals surface area contributed by atoms with Crippen molar-refractivity contribution in [2.24, 2.45) is 13.0 Å². The monoisotopic (exact) mass is 712 g/mol. The number of hydrogen-bond donors (Lipinski definition) is 2. The lowest BCUT2D eigenvalue weighted by molar-refractivity contribution is -0.135. The first-order chi connectivity index (χ1) is 24.1. The molecule has 51 heavy (non-hydrogen) atoms. The Hall–Kier alpha value is -4.27. The van der Waals surface area contributed by atoms with Crippen LogP contribution in [0.4, 0.5) is 25.0 Å². The van der Waals surface area contributed by atoms with Crippen LogP contribution in [0, 0.1) is 5.92 Å². The van der Waals surface area contributed by atoms with Crippen LogP contribution in [0.15, 0.2) is 29.2 Å². The fourth-order valence-corrected chi connectivity index (χ4v) is 8.19. The molecule has 3 amide bonds. The first-order valence-electron chi connectivity index (χ1n) is 18.0. The number of carbonyl (C=O) groups is 3. The molecule has 2 aromatic heterocycles. The smallest absolute Gasteiger partial charge is 0.412 e. The summed E-state index contributed by atoms with van der Waals surface area (Å²) in [4.78, 5) is 55.0. The minimum Gasteiger partial charge on any atom is -0.444 e. The number of aromatic nitrogens is 4. The van der Waals surface area contributed by atoms with Crippen LogP contribution in [0.1, 0.15) is 103 Å². The Morgan fingerprint density at radius 2 is 1.75 bits per heavy atom. The van der Waals surface area contributed by atoms with E-state index in [1.165, 1.54) is 10.8 Å². The van der Waals surface area contributed by atoms with Gasteiger partial charge in [-0.15, -0.1) is 0 Å². The van der Waals surface area contributed by atoms with Crippen molar-refractivity contribution in [3.63, 3.8) is 0 Å². The lowest BCUT2D eigenvalue weighted by atomic mass is 9.81. The van der Waals surface area contributed by atoms with Gasteiger partial charge in [0.1, 0.15) is 11.6 Å². The Morgan fingerprint density at radius 1 is 1.06 bits per heavy atom. The molecule has 6 rings (SSSR count). The van der Waals surface area contributed by atoms with E-state index in [1.807, 2.05) is 18.2 Å². The highest BCUT2D eigenvalue weighted by atomic mass is 19.3. The zero-order valence-corrected chi connectivity index (χ0v) is 30.3. The van der Waals surface area contributed by atoms with Gasteiger partial charge >= 0.3 is 11.8 Å². The Morgan fingerprint density at radius 3 is 2.37 bits per heavy atom. The first-order valence-corrected chi connectivity index (χ1v) is 18.0. The zero-order chi connectivity index (χ0) is 36.8. The molecular formula is C36H50F2N8O5. The number of carbonyl (C=O) groups excluding carboxylic acids is 3. The molecule has 13 nitrogen and oxygen atoms in total. The molecule has 0 radical (unpaired) electrons. The topological polar surface area (TPSA) is 136 Å². The van der Waals surface area contributed by atoms with Gasteiger partial charge in [0.15, 0.2) is 5.69 Å². The molecular weight excluding hydrogens is 662 g/mol. The van der Waals surface area contributed by atoms with Crippen LogP contribution in [0.3, 0.4) is 0 Å². The molecule has 2 unspecified atom stereocenters. The molecule has 1 aliphatic carbocycles. The number of aryl methyl sites for hydroxylation is 1. The van der Waals surface area contributed by atoms with Crippen LogP contribution in [-0.4, -0.2) is 79.5 Å². The second-order valence-electron chi connectivity index (χ2n) is 15.4. The van der Waals surface area contributed by atoms with Crippen LogP contribution < -0.4 is 21.2 Å². The van der Waals surface area contributed by atoms with Crippen molar-refractivity contribution >= 4 is 40.3 Å². The molecule has 3 aromatic rings. The van der Waals surface area contributed by atoms with Crippen molar-refractivity contribution in [1.29, 1.82) is 0 Å². The third kappa shape index (κ3) is 7.54. The van der Waals surface area contributed by atoms with E-state index in [0.29, 0.717) is 29.9 Å². The van der Waals surface area contributed by atoms with E-state index in [1.54, 1.807) is 37.1 Å². The number of amides is 3. The van der Waals surface area contributed by atoms with Crippen LogP contribution in [0.2, 0.25) is 0 Å². The maximum Gasteiger partial charge on any atom is 0.412 e. The van der Waals surface area contributed by atoms with E-state index in [4.69, 9.17) is 4.74 Å². The standard InChI is InChI=1S/C36H50F2N8O5/c1-21(22-10-12-24(13-11-22)45-20-25(30(41-45)32(37)38)39-34(49)51-36(2,3)4)42(5)23-16-18-44(19-17-23)26-8-7-9-27-31(26)43(6)35(50)46(27)28-14-15-29(47)40-33(28)48/h7-9,20-24,28,32H,10-19H2,1-6H3,(H,39,49)(H,40,47,48)/t21?,22-,24-,28?. The van der Waals surface area contributed by atoms with Gasteiger partial charge in [-0.2, -0.15) is 5.10 Å². The number of benzene rings is 1. The lowest BCUT2D eigenvalue weighted by Gasteiger charge is -2.43. The molecule has 0 bridgehead atoms. The van der Waals surface area contributed by atoms with E-state index in [-0.39, 0.29) is 29.7 Å². The number of ether oxygens (including phenoxy) is 1. The third-order valence-corrected chi connectivity index (χ3v) is 11.0. The molecule has 2 N–H and O–H groups in total. The number of imide groups is 1. The number of piperidine rings is 2. The van der Waals surface area contributed by atoms with Gasteiger partial charge in [-0.3, -0.25) is 34.0 Å². The predicted octanol–water partition coefficient (Wildman–Crippen LogP) is 5.52. The van der Waals surface area contributed by atoms with Crippen LogP contribution >= 0.6 is 0 Å². The Labute approximate surface area is 296 Å². The number of para-hydroxylation sites is 1. The second-order valence-corrected chi connectivity index (χ2v) is 15.4. The van der Waals surface area contributed by atoms with E-state index in [2.05, 4.69) is 39.5 Å². The lowest BCUT2D eigenvalue weighted by Crippen LogP contribution is -2.49. The molecule has 3 aliphatic rings. The molecule has 2 atom stereocenters. The number of hydrogen-bond acceptors (Lipinski definition) is 8. The van der Waals surface area contributed by atoms with Crippen LogP contribution in [-0.2, 0) is 21.4 Å². The number of anilines is 2. The number of rotatable bonds is 8. The zero-order valence-electron chi connectivity index (χ0n) is 30.3. The highest BCUT2D eigenvalue weighted by Crippen LogP contribution is 2.38. The summed E-state index contributed by atoms with van der Waals surface area (Å²) in [7, 11) is 3.93. The van der Waals surface area contributed by atoms with Crippen molar-refractivity contribution < 1.29 is 27.9 Å². The Bertz CT molecular complexity index is 1830. The first kappa shape index (κ1) is 36.5. The predicted molar refractivity (Wildman–Crippen MR) is 189 cm³/mol. The summed E-state index contributed by atoms with van der Waals surface area (Å²) in [5, 5.41) is 9.02. The van der Waals surface area contributed by atoms with Crippen LogP contribution in [0.5, 0.6) is 0 Å². The Balaban J connectivity index is 1.06. The number of fused-ring (bicyclic) bond motifs is 1. The van der Waals surface area contributed by atoms with Gasteiger partial charge < -0.3 is 14.5 Å². The van der Waals surface area contributed by atoms with Gasteiger partial charge in [-0.1, -0.05) is 6.07 Å². The van der Waals surface area contributed by atoms with Gasteiger partial charge in [0.05, 0.1) is 28.5 Å². The number of nitrogens with zero attached hydrogens (tertiary/aromatic N) is 6. The summed E-state index contributed by atoms with van der Waals surface area (Å²) < 4.78 is 37.7. The number of alkyl halides is 2. The van der Waals surface area contributed by atoms with Crippen LogP contribution in [0.25, 0.3) is 11.0 Å². The van der Waals surface area contributed by atoms with Crippen molar-refractivity contribution in [2.45, 2.75) is 115 Å². The quantitative estimate of drug-likeness (QED) is 0.292. The molecule has 2 aliphatic heterocycles. The van der Waals surface area contributed by atoms with Gasteiger partial charge in [-0.05, 0) is 97.7 Å². The molecule has 278 valence electrons. The van der Waals surface area contributed by atoms with Crippen molar-refractivity contribution in [3.05, 3.63) is 40.6 Å². The molecule has 2 saturated heterocycles. The summed E-state index contributed by atoms with van der Waals surface area (Å²) in [5.74, 6) is -0.310. The molecule has 4 heterocycles. The van der Waals surface area contributed by atoms with Crippen molar-refractivity contribution in [1.82, 2.24) is 29.1 Å². The van der Waals surface area contributed by atoms with Gasteiger partial charge in [0.25, 0.3) is 6.43 Å². The second kappa shape index (κ2) is 14.4. The average Bonchev–Trinajstić information content (AvgIpc) is 3.61. The largest absolute Gasteiger partial charge is 0.444 e. The van der Waals surface area contributed by atoms with E-state index in [9.17, 15) is 28.0 Å². The van der Waals surface area contributed by atoms with Gasteiger partial charge in [0, 0.05) is 44.8 Å². The number of halogens is 2. The highest BCUT2D eigenvalue weighted by molar-refractivity contribution is 6.00. The van der Waals surface area contributed by atoms with E-state index < -0.39 is 35.8 Å². The molecule has 3 fully saturated rings. The van der Waals surface area contributed by atoms with Gasteiger partial charge in [-0.25, -0.2) is 18.4 Å². The normalized spacial score (nSPS) is 22.9. The highest BCUT2D eigenvalue weighted by Gasteiger charge is 2.35. The molecule has 1 saturated carbocycles. The average molecular weight is 713 g/mol. The molecule has 0 spiro atoms. The van der Waals surface area contributed by atoms with E-state index >= 15 is 0 Å². The SMILES string of the molecule is CC([C@H]1CC[C@H](n2cc(NC(=O)OC(C)(C)C)c(C(F)F)n2)CC1)N(C)C1CCN(c2cccc3c2n(C)c(=O)n3C2CCC(=O)NC2=O)CC1. The molecule has 1 aromatic carbocycles. The number of imidazole rings is 1. The van der Waals surface area contributed by atoms with Crippen molar-refractivity contribution in [3.8, 4) is 0 Å². The minimum atomic E-state index is -2.83. The summed E-state index contributed by atoms with van der Waals surface area (Å²) in [6.45, 7) is 9.04.